The summed E-state index contributed by atoms with van der Waals surface area (Å²) >= 11 is 1.43. The fourth-order valence-corrected chi connectivity index (χ4v) is 3.17. The summed E-state index contributed by atoms with van der Waals surface area (Å²) in [6.45, 7) is 5.85. The number of nitrogens with zero attached hydrogens (tertiary/aromatic N) is 1. The molecule has 0 bridgehead atoms. The molecule has 2 heterocycles. The van der Waals surface area contributed by atoms with Crippen molar-refractivity contribution in [3.05, 3.63) is 46.4 Å². The van der Waals surface area contributed by atoms with Crippen LogP contribution in [0, 0.1) is 20.8 Å². The van der Waals surface area contributed by atoms with E-state index < -0.39 is 5.97 Å². The summed E-state index contributed by atoms with van der Waals surface area (Å²) in [7, 11) is 0. The minimum absolute atomic E-state index is 0.246. The maximum Gasteiger partial charge on any atom is 0.339 e. The Morgan fingerprint density at radius 1 is 1.27 bits per heavy atom. The van der Waals surface area contributed by atoms with Gasteiger partial charge in [-0.3, -0.25) is 0 Å². The normalized spacial score (nSPS) is 11.2. The molecule has 22 heavy (non-hydrogen) atoms. The van der Waals surface area contributed by atoms with Crippen molar-refractivity contribution in [3.8, 4) is 0 Å². The first kappa shape index (κ1) is 14.7. The van der Waals surface area contributed by atoms with Crippen LogP contribution in [-0.4, -0.2) is 21.0 Å². The van der Waals surface area contributed by atoms with Crippen molar-refractivity contribution in [3.63, 3.8) is 0 Å². The minimum atomic E-state index is -0.960. The SMILES string of the molecule is Cc1cc2nc(SCc3occ(C)c3C(=O)O)[nH]c2cc1C. The Bertz CT molecular complexity index is 825. The molecule has 0 saturated carbocycles. The van der Waals surface area contributed by atoms with E-state index in [0.717, 1.165) is 16.2 Å². The molecule has 2 aromatic heterocycles. The van der Waals surface area contributed by atoms with Gasteiger partial charge in [0.2, 0.25) is 0 Å². The van der Waals surface area contributed by atoms with Crippen LogP contribution in [0.3, 0.4) is 0 Å². The lowest BCUT2D eigenvalue weighted by Crippen LogP contribution is -2.00. The third kappa shape index (κ3) is 2.62. The first-order chi connectivity index (χ1) is 10.5. The number of aryl methyl sites for hydroxylation is 3. The Morgan fingerprint density at radius 2 is 2.00 bits per heavy atom. The summed E-state index contributed by atoms with van der Waals surface area (Å²) in [6, 6.07) is 4.12. The van der Waals surface area contributed by atoms with E-state index in [2.05, 4.69) is 29.9 Å². The smallest absolute Gasteiger partial charge is 0.339 e. The number of imidazole rings is 1. The number of nitrogens with one attached hydrogen (secondary N) is 1. The molecule has 0 aliphatic rings. The zero-order chi connectivity index (χ0) is 15.9. The first-order valence-electron chi connectivity index (χ1n) is 6.85. The number of carboxylic acids is 1. The van der Waals surface area contributed by atoms with Crippen molar-refractivity contribution in [2.45, 2.75) is 31.7 Å². The van der Waals surface area contributed by atoms with E-state index in [1.165, 1.54) is 29.2 Å². The molecule has 5 nitrogen and oxygen atoms in total. The number of hydrogen-bond acceptors (Lipinski definition) is 4. The van der Waals surface area contributed by atoms with Gasteiger partial charge in [-0.15, -0.1) is 0 Å². The Kier molecular flexibility index (Phi) is 3.70. The van der Waals surface area contributed by atoms with Crippen LogP contribution in [-0.2, 0) is 5.75 Å². The number of fused-ring (bicyclic) bond motifs is 1. The number of rotatable bonds is 4. The second kappa shape index (κ2) is 5.53. The number of aromatic amines is 1. The molecule has 0 aliphatic carbocycles. The van der Waals surface area contributed by atoms with Gasteiger partial charge in [0, 0.05) is 5.56 Å². The van der Waals surface area contributed by atoms with Gasteiger partial charge in [0.25, 0.3) is 0 Å². The third-order valence-corrected chi connectivity index (χ3v) is 4.55. The van der Waals surface area contributed by atoms with Crippen molar-refractivity contribution in [2.75, 3.05) is 0 Å². The number of thioether (sulfide) groups is 1. The Labute approximate surface area is 131 Å². The van der Waals surface area contributed by atoms with Crippen LogP contribution in [0.2, 0.25) is 0 Å². The summed E-state index contributed by atoms with van der Waals surface area (Å²) in [5.41, 5.74) is 5.20. The molecule has 0 amide bonds. The molecule has 3 aromatic rings. The van der Waals surface area contributed by atoms with E-state index >= 15 is 0 Å². The van der Waals surface area contributed by atoms with Crippen molar-refractivity contribution >= 4 is 28.8 Å². The van der Waals surface area contributed by atoms with E-state index in [1.807, 2.05) is 6.07 Å². The topological polar surface area (TPSA) is 79.1 Å². The van der Waals surface area contributed by atoms with E-state index in [9.17, 15) is 9.90 Å². The van der Waals surface area contributed by atoms with Crippen LogP contribution in [0.5, 0.6) is 0 Å². The first-order valence-corrected chi connectivity index (χ1v) is 7.84. The van der Waals surface area contributed by atoms with Crippen LogP contribution in [0.15, 0.2) is 28.0 Å². The number of hydrogen-bond donors (Lipinski definition) is 2. The van der Waals surface area contributed by atoms with Crippen LogP contribution in [0.25, 0.3) is 11.0 Å². The van der Waals surface area contributed by atoms with E-state index in [-0.39, 0.29) is 5.56 Å². The molecule has 0 aliphatic heterocycles. The standard InChI is InChI=1S/C16H16N2O3S/c1-8-4-11-12(5-9(8)2)18-16(17-11)22-7-13-14(15(19)20)10(3)6-21-13/h4-6H,7H2,1-3H3,(H,17,18)(H,19,20). The van der Waals surface area contributed by atoms with Crippen molar-refractivity contribution in [1.82, 2.24) is 9.97 Å². The quantitative estimate of drug-likeness (QED) is 0.709. The van der Waals surface area contributed by atoms with Crippen molar-refractivity contribution < 1.29 is 14.3 Å². The number of aromatic carboxylic acids is 1. The molecule has 3 rings (SSSR count). The average molecular weight is 316 g/mol. The van der Waals surface area contributed by atoms with Gasteiger partial charge in [-0.2, -0.15) is 0 Å². The molecule has 114 valence electrons. The molecular weight excluding hydrogens is 300 g/mol. The summed E-state index contributed by atoms with van der Waals surface area (Å²) in [6.07, 6.45) is 1.48. The zero-order valence-corrected chi connectivity index (χ0v) is 13.4. The molecule has 0 unspecified atom stereocenters. The molecule has 0 saturated heterocycles. The molecular formula is C16H16N2O3S. The van der Waals surface area contributed by atoms with Gasteiger partial charge < -0.3 is 14.5 Å². The average Bonchev–Trinajstić information content (AvgIpc) is 3.00. The maximum atomic E-state index is 11.2. The summed E-state index contributed by atoms with van der Waals surface area (Å²) < 4.78 is 5.35. The number of benzene rings is 1. The number of furan rings is 1. The molecule has 0 radical (unpaired) electrons. The number of aromatic nitrogens is 2. The number of carboxylic acid groups (broad SMARTS) is 1. The summed E-state index contributed by atoms with van der Waals surface area (Å²) in [4.78, 5) is 19.0. The van der Waals surface area contributed by atoms with E-state index in [0.29, 0.717) is 17.1 Å². The molecule has 1 aromatic carbocycles. The highest BCUT2D eigenvalue weighted by molar-refractivity contribution is 7.98. The van der Waals surface area contributed by atoms with Gasteiger partial charge in [0.15, 0.2) is 5.16 Å². The lowest BCUT2D eigenvalue weighted by molar-refractivity contribution is 0.0694. The second-order valence-corrected chi connectivity index (χ2v) is 6.27. The van der Waals surface area contributed by atoms with Crippen molar-refractivity contribution in [2.24, 2.45) is 0 Å². The molecule has 2 N–H and O–H groups in total. The number of carbonyl (C=O) groups is 1. The van der Waals surface area contributed by atoms with Crippen LogP contribution in [0.4, 0.5) is 0 Å². The van der Waals surface area contributed by atoms with Gasteiger partial charge in [0.05, 0.1) is 23.0 Å². The van der Waals surface area contributed by atoms with E-state index in [4.69, 9.17) is 4.42 Å². The minimum Gasteiger partial charge on any atom is -0.478 e. The van der Waals surface area contributed by atoms with Crippen LogP contribution in [0.1, 0.15) is 32.8 Å². The summed E-state index contributed by atoms with van der Waals surface area (Å²) in [5, 5.41) is 9.97. The van der Waals surface area contributed by atoms with Crippen LogP contribution >= 0.6 is 11.8 Å². The van der Waals surface area contributed by atoms with Gasteiger partial charge in [0.1, 0.15) is 11.3 Å². The molecule has 6 heteroatoms. The molecule has 0 spiro atoms. The highest BCUT2D eigenvalue weighted by atomic mass is 32.2. The monoisotopic (exact) mass is 316 g/mol. The fraction of sp³-hybridized carbons (Fsp3) is 0.250. The zero-order valence-electron chi connectivity index (χ0n) is 12.6. The van der Waals surface area contributed by atoms with Gasteiger partial charge in [-0.1, -0.05) is 11.8 Å². The Balaban J connectivity index is 1.84. The summed E-state index contributed by atoms with van der Waals surface area (Å²) in [5.74, 6) is -0.0756. The Hall–Kier alpha value is -2.21. The van der Waals surface area contributed by atoms with Gasteiger partial charge >= 0.3 is 5.97 Å². The third-order valence-electron chi connectivity index (χ3n) is 3.68. The highest BCUT2D eigenvalue weighted by Gasteiger charge is 2.18. The number of H-pyrrole nitrogens is 1. The van der Waals surface area contributed by atoms with Gasteiger partial charge in [-0.05, 0) is 44.0 Å². The molecule has 0 atom stereocenters. The van der Waals surface area contributed by atoms with Crippen LogP contribution < -0.4 is 0 Å². The lowest BCUT2D eigenvalue weighted by Gasteiger charge is -1.98. The largest absolute Gasteiger partial charge is 0.478 e. The van der Waals surface area contributed by atoms with Crippen molar-refractivity contribution in [1.29, 1.82) is 0 Å². The predicted molar refractivity (Wildman–Crippen MR) is 85.5 cm³/mol. The second-order valence-electron chi connectivity index (χ2n) is 5.31. The molecule has 0 fully saturated rings. The maximum absolute atomic E-state index is 11.2. The highest BCUT2D eigenvalue weighted by Crippen LogP contribution is 2.27. The van der Waals surface area contributed by atoms with E-state index in [1.54, 1.807) is 6.92 Å². The fourth-order valence-electron chi connectivity index (χ4n) is 2.34. The Morgan fingerprint density at radius 3 is 2.73 bits per heavy atom. The predicted octanol–water partition coefficient (Wildman–Crippen LogP) is 4.07. The lowest BCUT2D eigenvalue weighted by atomic mass is 10.1. The van der Waals surface area contributed by atoms with Gasteiger partial charge in [-0.25, -0.2) is 9.78 Å².